The zero-order chi connectivity index (χ0) is 13.5. The Balaban J connectivity index is 2.21. The topological polar surface area (TPSA) is 61.4 Å². The van der Waals surface area contributed by atoms with Gasteiger partial charge < -0.3 is 15.5 Å². The Morgan fingerprint density at radius 3 is 2.39 bits per heavy atom. The molecule has 2 amide bonds. The number of rotatable bonds is 8. The number of nitrogens with zero attached hydrogens (tertiary/aromatic N) is 1. The summed E-state index contributed by atoms with van der Waals surface area (Å²) < 4.78 is 0. The Kier molecular flexibility index (Phi) is 6.12. The first-order valence-electron chi connectivity index (χ1n) is 6.90. The summed E-state index contributed by atoms with van der Waals surface area (Å²) >= 11 is 0. The molecule has 1 atom stereocenters. The molecule has 1 unspecified atom stereocenters. The lowest BCUT2D eigenvalue weighted by Gasteiger charge is -2.23. The van der Waals surface area contributed by atoms with Crippen LogP contribution in [-0.2, 0) is 9.59 Å². The van der Waals surface area contributed by atoms with Gasteiger partial charge in [-0.25, -0.2) is 0 Å². The fourth-order valence-electron chi connectivity index (χ4n) is 1.86. The predicted molar refractivity (Wildman–Crippen MR) is 71.2 cm³/mol. The van der Waals surface area contributed by atoms with Crippen LogP contribution in [0.1, 0.15) is 40.0 Å². The molecule has 0 aromatic heterocycles. The van der Waals surface area contributed by atoms with Crippen LogP contribution in [-0.4, -0.2) is 48.4 Å². The van der Waals surface area contributed by atoms with Crippen molar-refractivity contribution >= 4 is 11.8 Å². The Hall–Kier alpha value is -1.10. The molecule has 2 N–H and O–H groups in total. The molecule has 1 fully saturated rings. The second-order valence-corrected chi connectivity index (χ2v) is 4.78. The highest BCUT2D eigenvalue weighted by Crippen LogP contribution is 2.18. The highest BCUT2D eigenvalue weighted by atomic mass is 16.2. The number of carbonyl (C=O) groups is 2. The van der Waals surface area contributed by atoms with Gasteiger partial charge >= 0.3 is 0 Å². The van der Waals surface area contributed by atoms with E-state index in [1.54, 1.807) is 11.8 Å². The summed E-state index contributed by atoms with van der Waals surface area (Å²) in [6.45, 7) is 7.68. The van der Waals surface area contributed by atoms with Crippen LogP contribution in [0.5, 0.6) is 0 Å². The normalized spacial score (nSPS) is 16.2. The number of hydrogen-bond acceptors (Lipinski definition) is 3. The average molecular weight is 255 g/mol. The molecule has 1 aliphatic carbocycles. The van der Waals surface area contributed by atoms with Crippen molar-refractivity contribution in [3.05, 3.63) is 0 Å². The van der Waals surface area contributed by atoms with Crippen molar-refractivity contribution in [2.24, 2.45) is 0 Å². The van der Waals surface area contributed by atoms with Gasteiger partial charge in [-0.1, -0.05) is 0 Å². The van der Waals surface area contributed by atoms with Gasteiger partial charge in [0.15, 0.2) is 0 Å². The van der Waals surface area contributed by atoms with Gasteiger partial charge in [0.2, 0.25) is 11.8 Å². The van der Waals surface area contributed by atoms with E-state index < -0.39 is 6.04 Å². The molecule has 1 rings (SSSR count). The van der Waals surface area contributed by atoms with E-state index in [0.717, 1.165) is 0 Å². The van der Waals surface area contributed by atoms with E-state index in [2.05, 4.69) is 10.6 Å². The zero-order valence-electron chi connectivity index (χ0n) is 11.7. The quantitative estimate of drug-likeness (QED) is 0.664. The third-order valence-electron chi connectivity index (χ3n) is 3.19. The van der Waals surface area contributed by atoms with Crippen LogP contribution < -0.4 is 10.6 Å². The van der Waals surface area contributed by atoms with E-state index >= 15 is 0 Å². The number of nitrogens with one attached hydrogen (secondary N) is 2. The Bertz CT molecular complexity index is 286. The zero-order valence-corrected chi connectivity index (χ0v) is 11.7. The maximum atomic E-state index is 11.9. The minimum atomic E-state index is -0.432. The van der Waals surface area contributed by atoms with Gasteiger partial charge in [-0.3, -0.25) is 9.59 Å². The third kappa shape index (κ3) is 5.04. The first-order valence-corrected chi connectivity index (χ1v) is 6.90. The second kappa shape index (κ2) is 7.36. The van der Waals surface area contributed by atoms with Crippen LogP contribution >= 0.6 is 0 Å². The maximum Gasteiger partial charge on any atom is 0.244 e. The summed E-state index contributed by atoms with van der Waals surface area (Å²) in [5.41, 5.74) is 0. The van der Waals surface area contributed by atoms with Crippen molar-refractivity contribution in [3.63, 3.8) is 0 Å². The molecule has 5 nitrogen and oxygen atoms in total. The summed E-state index contributed by atoms with van der Waals surface area (Å²) in [6, 6.07) is 0.186. The van der Waals surface area contributed by atoms with Crippen molar-refractivity contribution in [3.8, 4) is 0 Å². The summed E-state index contributed by atoms with van der Waals surface area (Å²) in [4.78, 5) is 25.3. The second-order valence-electron chi connectivity index (χ2n) is 4.78. The van der Waals surface area contributed by atoms with Gasteiger partial charge in [0.1, 0.15) is 6.04 Å². The summed E-state index contributed by atoms with van der Waals surface area (Å²) in [6.07, 6.45) is 2.88. The molecule has 5 heteroatoms. The van der Waals surface area contributed by atoms with Crippen molar-refractivity contribution in [2.45, 2.75) is 52.1 Å². The van der Waals surface area contributed by atoms with Gasteiger partial charge in [0, 0.05) is 32.1 Å². The van der Waals surface area contributed by atoms with Crippen LogP contribution in [0.4, 0.5) is 0 Å². The van der Waals surface area contributed by atoms with E-state index in [4.69, 9.17) is 0 Å². The number of hydrogen-bond donors (Lipinski definition) is 2. The van der Waals surface area contributed by atoms with Gasteiger partial charge in [0.25, 0.3) is 0 Å². The summed E-state index contributed by atoms with van der Waals surface area (Å²) in [7, 11) is 0. The van der Waals surface area contributed by atoms with Crippen molar-refractivity contribution < 1.29 is 9.59 Å². The van der Waals surface area contributed by atoms with Crippen LogP contribution in [0.2, 0.25) is 0 Å². The van der Waals surface area contributed by atoms with Gasteiger partial charge in [-0.2, -0.15) is 0 Å². The monoisotopic (exact) mass is 255 g/mol. The van der Waals surface area contributed by atoms with E-state index in [9.17, 15) is 9.59 Å². The van der Waals surface area contributed by atoms with Crippen LogP contribution in [0.25, 0.3) is 0 Å². The predicted octanol–water partition coefficient (Wildman–Crippen LogP) is 0.502. The van der Waals surface area contributed by atoms with E-state index in [1.807, 2.05) is 13.8 Å². The first kappa shape index (κ1) is 15.0. The first-order chi connectivity index (χ1) is 8.58. The molecule has 1 saturated carbocycles. The standard InChI is InChI=1S/C13H25N3O2/c1-4-16(5-2)13(18)10(3)15-12(17)8-9-14-11-6-7-11/h10-11,14H,4-9H2,1-3H3,(H,15,17). The molecule has 0 aliphatic heterocycles. The van der Waals surface area contributed by atoms with Gasteiger partial charge in [-0.05, 0) is 33.6 Å². The highest BCUT2D eigenvalue weighted by Gasteiger charge is 2.22. The van der Waals surface area contributed by atoms with E-state index in [-0.39, 0.29) is 11.8 Å². The van der Waals surface area contributed by atoms with Crippen LogP contribution in [0.3, 0.4) is 0 Å². The number of carbonyl (C=O) groups excluding carboxylic acids is 2. The molecule has 104 valence electrons. The maximum absolute atomic E-state index is 11.9. The largest absolute Gasteiger partial charge is 0.345 e. The molecule has 0 saturated heterocycles. The highest BCUT2D eigenvalue weighted by molar-refractivity contribution is 5.87. The molecule has 0 spiro atoms. The molecule has 1 aliphatic rings. The number of amides is 2. The SMILES string of the molecule is CCN(CC)C(=O)C(C)NC(=O)CCNC1CC1. The molecule has 0 radical (unpaired) electrons. The van der Waals surface area contributed by atoms with E-state index in [0.29, 0.717) is 32.1 Å². The molecular weight excluding hydrogens is 230 g/mol. The fraction of sp³-hybridized carbons (Fsp3) is 0.846. The lowest BCUT2D eigenvalue weighted by Crippen LogP contribution is -2.47. The van der Waals surface area contributed by atoms with Crippen molar-refractivity contribution in [1.29, 1.82) is 0 Å². The Morgan fingerprint density at radius 2 is 1.89 bits per heavy atom. The summed E-state index contributed by atoms with van der Waals surface area (Å²) in [5.74, 6) is -0.0698. The molecule has 18 heavy (non-hydrogen) atoms. The molecule has 0 aromatic carbocycles. The molecule has 0 heterocycles. The lowest BCUT2D eigenvalue weighted by atomic mass is 10.2. The number of likely N-dealkylation sites (N-methyl/N-ethyl adjacent to an activating group) is 1. The molecular formula is C13H25N3O2. The van der Waals surface area contributed by atoms with E-state index in [1.165, 1.54) is 12.8 Å². The van der Waals surface area contributed by atoms with Crippen LogP contribution in [0.15, 0.2) is 0 Å². The minimum Gasteiger partial charge on any atom is -0.345 e. The van der Waals surface area contributed by atoms with Crippen LogP contribution in [0, 0.1) is 0 Å². The third-order valence-corrected chi connectivity index (χ3v) is 3.19. The Labute approximate surface area is 109 Å². The summed E-state index contributed by atoms with van der Waals surface area (Å²) in [5, 5.41) is 6.03. The lowest BCUT2D eigenvalue weighted by molar-refractivity contribution is -0.135. The average Bonchev–Trinajstić information content (AvgIpc) is 3.14. The van der Waals surface area contributed by atoms with Gasteiger partial charge in [0.05, 0.1) is 0 Å². The smallest absolute Gasteiger partial charge is 0.244 e. The van der Waals surface area contributed by atoms with Gasteiger partial charge in [-0.15, -0.1) is 0 Å². The minimum absolute atomic E-state index is 0.0106. The fourth-order valence-corrected chi connectivity index (χ4v) is 1.86. The molecule has 0 aromatic rings. The van der Waals surface area contributed by atoms with Crippen molar-refractivity contribution in [1.82, 2.24) is 15.5 Å². The Morgan fingerprint density at radius 1 is 1.28 bits per heavy atom. The van der Waals surface area contributed by atoms with Crippen molar-refractivity contribution in [2.75, 3.05) is 19.6 Å². The molecule has 0 bridgehead atoms.